The Morgan fingerprint density at radius 1 is 1.20 bits per heavy atom. The Morgan fingerprint density at radius 3 is 2.65 bits per heavy atom. The third-order valence-corrected chi connectivity index (χ3v) is 3.36. The average Bonchev–Trinajstić information content (AvgIpc) is 2.43. The number of hydrogen-bond acceptors (Lipinski definition) is 2. The molecule has 106 valence electrons. The van der Waals surface area contributed by atoms with E-state index < -0.39 is 0 Å². The Morgan fingerprint density at radius 2 is 1.95 bits per heavy atom. The number of aryl methyl sites for hydroxylation is 1. The predicted molar refractivity (Wildman–Crippen MR) is 79.4 cm³/mol. The first-order valence-electron chi connectivity index (χ1n) is 6.84. The van der Waals surface area contributed by atoms with Crippen LogP contribution < -0.4 is 10.5 Å². The van der Waals surface area contributed by atoms with E-state index in [9.17, 15) is 4.39 Å². The van der Waals surface area contributed by atoms with E-state index in [1.807, 2.05) is 38.1 Å². The van der Waals surface area contributed by atoms with Gasteiger partial charge in [0.1, 0.15) is 11.6 Å². The first kappa shape index (κ1) is 14.5. The van der Waals surface area contributed by atoms with Crippen LogP contribution in [0.3, 0.4) is 0 Å². The fourth-order valence-electron chi connectivity index (χ4n) is 2.31. The van der Waals surface area contributed by atoms with E-state index in [1.165, 1.54) is 12.1 Å². The summed E-state index contributed by atoms with van der Waals surface area (Å²) in [5.41, 5.74) is 9.26. The average molecular weight is 273 g/mol. The molecule has 1 unspecified atom stereocenters. The van der Waals surface area contributed by atoms with Gasteiger partial charge in [0.2, 0.25) is 0 Å². The van der Waals surface area contributed by atoms with Crippen molar-refractivity contribution in [3.63, 3.8) is 0 Å². The number of benzene rings is 2. The topological polar surface area (TPSA) is 35.2 Å². The Labute approximate surface area is 119 Å². The number of ether oxygens (including phenoxy) is 1. The number of halogens is 1. The van der Waals surface area contributed by atoms with Crippen molar-refractivity contribution in [2.24, 2.45) is 5.73 Å². The molecule has 3 heteroatoms. The van der Waals surface area contributed by atoms with Crippen LogP contribution >= 0.6 is 0 Å². The van der Waals surface area contributed by atoms with Crippen molar-refractivity contribution in [3.05, 3.63) is 65.0 Å². The van der Waals surface area contributed by atoms with Gasteiger partial charge in [0.05, 0.1) is 6.61 Å². The van der Waals surface area contributed by atoms with Crippen LogP contribution in [0.4, 0.5) is 4.39 Å². The first-order chi connectivity index (χ1) is 9.61. The van der Waals surface area contributed by atoms with Crippen LogP contribution in [0, 0.1) is 12.7 Å². The second-order valence-electron chi connectivity index (χ2n) is 4.85. The van der Waals surface area contributed by atoms with Gasteiger partial charge < -0.3 is 10.5 Å². The molecule has 0 aliphatic carbocycles. The van der Waals surface area contributed by atoms with Crippen molar-refractivity contribution in [1.29, 1.82) is 0 Å². The van der Waals surface area contributed by atoms with Crippen LogP contribution in [0.1, 0.15) is 29.7 Å². The van der Waals surface area contributed by atoms with Crippen LogP contribution in [-0.4, -0.2) is 6.61 Å². The van der Waals surface area contributed by atoms with Crippen molar-refractivity contribution in [2.45, 2.75) is 26.3 Å². The minimum absolute atomic E-state index is 0.165. The summed E-state index contributed by atoms with van der Waals surface area (Å²) in [7, 11) is 0. The molecule has 2 N–H and O–H groups in total. The van der Waals surface area contributed by atoms with Crippen molar-refractivity contribution in [1.82, 2.24) is 0 Å². The molecule has 2 aromatic carbocycles. The molecule has 2 rings (SSSR count). The van der Waals surface area contributed by atoms with Crippen LogP contribution in [-0.2, 0) is 6.42 Å². The molecule has 1 atom stereocenters. The molecule has 2 aromatic rings. The summed E-state index contributed by atoms with van der Waals surface area (Å²) in [5, 5.41) is 0. The number of nitrogens with two attached hydrogens (primary N) is 1. The van der Waals surface area contributed by atoms with Gasteiger partial charge in [-0.05, 0) is 49.6 Å². The molecule has 0 spiro atoms. The van der Waals surface area contributed by atoms with Gasteiger partial charge in [-0.15, -0.1) is 0 Å². The highest BCUT2D eigenvalue weighted by molar-refractivity contribution is 5.37. The lowest BCUT2D eigenvalue weighted by atomic mass is 9.96. The van der Waals surface area contributed by atoms with Crippen LogP contribution in [0.15, 0.2) is 42.5 Å². The summed E-state index contributed by atoms with van der Waals surface area (Å²) in [4.78, 5) is 0. The normalized spacial score (nSPS) is 12.2. The Kier molecular flexibility index (Phi) is 4.74. The minimum atomic E-state index is -0.213. The summed E-state index contributed by atoms with van der Waals surface area (Å²) in [6.07, 6.45) is 0.663. The van der Waals surface area contributed by atoms with Crippen LogP contribution in [0.2, 0.25) is 0 Å². The second kappa shape index (κ2) is 6.53. The summed E-state index contributed by atoms with van der Waals surface area (Å²) >= 11 is 0. The van der Waals surface area contributed by atoms with Gasteiger partial charge in [-0.3, -0.25) is 0 Å². The highest BCUT2D eigenvalue weighted by atomic mass is 19.1. The smallest absolute Gasteiger partial charge is 0.124 e. The van der Waals surface area contributed by atoms with E-state index >= 15 is 0 Å². The summed E-state index contributed by atoms with van der Waals surface area (Å²) in [6, 6.07) is 12.4. The molecule has 0 saturated heterocycles. The Balaban J connectivity index is 2.21. The van der Waals surface area contributed by atoms with Gasteiger partial charge in [-0.25, -0.2) is 4.39 Å². The van der Waals surface area contributed by atoms with Gasteiger partial charge in [0, 0.05) is 11.6 Å². The first-order valence-corrected chi connectivity index (χ1v) is 6.84. The monoisotopic (exact) mass is 273 g/mol. The van der Waals surface area contributed by atoms with E-state index in [0.717, 1.165) is 22.4 Å². The van der Waals surface area contributed by atoms with Crippen LogP contribution in [0.25, 0.3) is 0 Å². The summed E-state index contributed by atoms with van der Waals surface area (Å²) < 4.78 is 18.7. The highest BCUT2D eigenvalue weighted by Crippen LogP contribution is 2.27. The molecule has 0 aliphatic heterocycles. The maximum absolute atomic E-state index is 13.1. The molecule has 0 aliphatic rings. The fraction of sp³-hybridized carbons (Fsp3) is 0.294. The fourth-order valence-corrected chi connectivity index (χ4v) is 2.31. The zero-order valence-electron chi connectivity index (χ0n) is 11.9. The molecular weight excluding hydrogens is 253 g/mol. The Hall–Kier alpha value is -1.87. The standard InChI is InChI=1S/C17H20FNO/c1-3-20-17-7-5-4-6-15(17)16(19)11-13-8-9-14(18)10-12(13)2/h4-10,16H,3,11,19H2,1-2H3. The lowest BCUT2D eigenvalue weighted by Crippen LogP contribution is -2.15. The van der Waals surface area contributed by atoms with Gasteiger partial charge in [-0.1, -0.05) is 24.3 Å². The quantitative estimate of drug-likeness (QED) is 0.900. The van der Waals surface area contributed by atoms with Crippen molar-refractivity contribution < 1.29 is 9.13 Å². The van der Waals surface area contributed by atoms with E-state index in [4.69, 9.17) is 10.5 Å². The van der Waals surface area contributed by atoms with Crippen LogP contribution in [0.5, 0.6) is 5.75 Å². The second-order valence-corrected chi connectivity index (χ2v) is 4.85. The number of hydrogen-bond donors (Lipinski definition) is 1. The van der Waals surface area contributed by atoms with E-state index in [2.05, 4.69) is 0 Å². The zero-order chi connectivity index (χ0) is 14.5. The molecule has 2 nitrogen and oxygen atoms in total. The molecular formula is C17H20FNO. The third kappa shape index (κ3) is 3.36. The zero-order valence-corrected chi connectivity index (χ0v) is 11.9. The molecule has 0 saturated carbocycles. The number of rotatable bonds is 5. The third-order valence-electron chi connectivity index (χ3n) is 3.36. The molecule has 20 heavy (non-hydrogen) atoms. The van der Waals surface area contributed by atoms with E-state index in [-0.39, 0.29) is 11.9 Å². The van der Waals surface area contributed by atoms with Gasteiger partial charge in [0.15, 0.2) is 0 Å². The largest absolute Gasteiger partial charge is 0.494 e. The predicted octanol–water partition coefficient (Wildman–Crippen LogP) is 3.78. The van der Waals surface area contributed by atoms with Crippen molar-refractivity contribution >= 4 is 0 Å². The van der Waals surface area contributed by atoms with Gasteiger partial charge >= 0.3 is 0 Å². The SMILES string of the molecule is CCOc1ccccc1C(N)Cc1ccc(F)cc1C. The van der Waals surface area contributed by atoms with E-state index in [1.54, 1.807) is 6.07 Å². The summed E-state index contributed by atoms with van der Waals surface area (Å²) in [5.74, 6) is 0.608. The maximum atomic E-state index is 13.1. The van der Waals surface area contributed by atoms with Crippen molar-refractivity contribution in [3.8, 4) is 5.75 Å². The number of para-hydroxylation sites is 1. The molecule has 0 heterocycles. The van der Waals surface area contributed by atoms with E-state index in [0.29, 0.717) is 13.0 Å². The minimum Gasteiger partial charge on any atom is -0.494 e. The Bertz CT molecular complexity index is 583. The maximum Gasteiger partial charge on any atom is 0.124 e. The summed E-state index contributed by atoms with van der Waals surface area (Å²) in [6.45, 7) is 4.46. The van der Waals surface area contributed by atoms with Gasteiger partial charge in [-0.2, -0.15) is 0 Å². The lowest BCUT2D eigenvalue weighted by molar-refractivity contribution is 0.334. The molecule has 0 fully saturated rings. The highest BCUT2D eigenvalue weighted by Gasteiger charge is 2.13. The molecule has 0 amide bonds. The molecule has 0 radical (unpaired) electrons. The molecule has 0 bridgehead atoms. The lowest BCUT2D eigenvalue weighted by Gasteiger charge is -2.17. The van der Waals surface area contributed by atoms with Crippen molar-refractivity contribution in [2.75, 3.05) is 6.61 Å². The van der Waals surface area contributed by atoms with Gasteiger partial charge in [0.25, 0.3) is 0 Å². The molecule has 0 aromatic heterocycles.